The predicted molar refractivity (Wildman–Crippen MR) is 100 cm³/mol. The van der Waals surface area contributed by atoms with Crippen molar-refractivity contribution in [2.45, 2.75) is 10.9 Å². The lowest BCUT2D eigenvalue weighted by Crippen LogP contribution is -2.37. The molecular weight excluding hydrogens is 370 g/mol. The van der Waals surface area contributed by atoms with Gasteiger partial charge < -0.3 is 9.64 Å². The van der Waals surface area contributed by atoms with Gasteiger partial charge in [-0.05, 0) is 35.9 Å². The second-order valence-corrected chi connectivity index (χ2v) is 7.06. The lowest BCUT2D eigenvalue weighted by molar-refractivity contribution is 0.122. The third-order valence-corrected chi connectivity index (χ3v) is 5.23. The van der Waals surface area contributed by atoms with Gasteiger partial charge >= 0.3 is 0 Å². The van der Waals surface area contributed by atoms with Crippen molar-refractivity contribution in [3.8, 4) is 5.69 Å². The van der Waals surface area contributed by atoms with Crippen LogP contribution in [0.15, 0.2) is 53.7 Å². The Morgan fingerprint density at radius 1 is 0.963 bits per heavy atom. The molecule has 1 aromatic heterocycles. The van der Waals surface area contributed by atoms with Crippen LogP contribution in [0, 0.1) is 11.6 Å². The molecular formula is C19H18F2N4OS. The second kappa shape index (κ2) is 8.06. The van der Waals surface area contributed by atoms with Crippen molar-refractivity contribution >= 4 is 17.7 Å². The average Bonchev–Trinajstić information content (AvgIpc) is 3.11. The Kier molecular flexibility index (Phi) is 5.35. The largest absolute Gasteiger partial charge is 0.378 e. The van der Waals surface area contributed by atoms with Crippen LogP contribution >= 0.6 is 11.8 Å². The first-order valence-corrected chi connectivity index (χ1v) is 9.60. The van der Waals surface area contributed by atoms with Crippen LogP contribution in [0.3, 0.4) is 0 Å². The Labute approximate surface area is 160 Å². The first-order valence-electron chi connectivity index (χ1n) is 8.62. The highest BCUT2D eigenvalue weighted by atomic mass is 32.2. The fourth-order valence-corrected chi connectivity index (χ4v) is 3.83. The summed E-state index contributed by atoms with van der Waals surface area (Å²) in [7, 11) is 0. The minimum atomic E-state index is -0.324. The number of hydrogen-bond acceptors (Lipinski definition) is 5. The molecule has 2 aromatic carbocycles. The van der Waals surface area contributed by atoms with E-state index in [1.54, 1.807) is 12.1 Å². The zero-order chi connectivity index (χ0) is 18.6. The van der Waals surface area contributed by atoms with E-state index < -0.39 is 0 Å². The third-order valence-electron chi connectivity index (χ3n) is 4.23. The van der Waals surface area contributed by atoms with E-state index in [1.165, 1.54) is 36.0 Å². The number of halogens is 2. The smallest absolute Gasteiger partial charge is 0.232 e. The van der Waals surface area contributed by atoms with E-state index >= 15 is 0 Å². The van der Waals surface area contributed by atoms with Crippen LogP contribution in [0.4, 0.5) is 14.7 Å². The van der Waals surface area contributed by atoms with Gasteiger partial charge in [0, 0.05) is 18.8 Å². The number of morpholine rings is 1. The third kappa shape index (κ3) is 4.12. The van der Waals surface area contributed by atoms with Gasteiger partial charge in [-0.1, -0.05) is 30.0 Å². The van der Waals surface area contributed by atoms with E-state index in [0.717, 1.165) is 5.56 Å². The zero-order valence-electron chi connectivity index (χ0n) is 14.5. The summed E-state index contributed by atoms with van der Waals surface area (Å²) in [6.07, 6.45) is 0. The highest BCUT2D eigenvalue weighted by Crippen LogP contribution is 2.29. The van der Waals surface area contributed by atoms with Crippen LogP contribution in [-0.4, -0.2) is 41.1 Å². The van der Waals surface area contributed by atoms with E-state index in [9.17, 15) is 8.78 Å². The van der Waals surface area contributed by atoms with Gasteiger partial charge in [-0.25, -0.2) is 8.78 Å². The number of benzene rings is 2. The van der Waals surface area contributed by atoms with Gasteiger partial charge in [-0.15, -0.1) is 10.2 Å². The van der Waals surface area contributed by atoms with Crippen LogP contribution in [0.5, 0.6) is 0 Å². The number of ether oxygens (including phenoxy) is 1. The fraction of sp³-hybridized carbons (Fsp3) is 0.263. The summed E-state index contributed by atoms with van der Waals surface area (Å²) in [4.78, 5) is 2.08. The molecule has 5 nitrogen and oxygen atoms in total. The monoisotopic (exact) mass is 388 g/mol. The molecule has 0 saturated carbocycles. The summed E-state index contributed by atoms with van der Waals surface area (Å²) in [5.74, 6) is 0.600. The number of rotatable bonds is 5. The molecule has 27 heavy (non-hydrogen) atoms. The zero-order valence-corrected chi connectivity index (χ0v) is 15.3. The number of nitrogens with zero attached hydrogens (tertiary/aromatic N) is 4. The lowest BCUT2D eigenvalue weighted by atomic mass is 10.2. The molecule has 1 fully saturated rings. The molecule has 0 N–H and O–H groups in total. The van der Waals surface area contributed by atoms with Crippen molar-refractivity contribution in [2.75, 3.05) is 31.2 Å². The van der Waals surface area contributed by atoms with E-state index in [1.807, 2.05) is 16.7 Å². The van der Waals surface area contributed by atoms with Gasteiger partial charge in [-0.2, -0.15) is 0 Å². The Bertz CT molecular complexity index is 928. The second-order valence-electron chi connectivity index (χ2n) is 6.12. The average molecular weight is 388 g/mol. The molecule has 2 heterocycles. The Balaban J connectivity index is 1.67. The summed E-state index contributed by atoms with van der Waals surface area (Å²) >= 11 is 1.44. The maximum atomic E-state index is 13.8. The highest BCUT2D eigenvalue weighted by Gasteiger charge is 2.22. The number of thioether (sulfide) groups is 1. The first-order chi connectivity index (χ1) is 13.2. The molecule has 1 aliphatic heterocycles. The molecule has 3 aromatic rings. The minimum Gasteiger partial charge on any atom is -0.378 e. The van der Waals surface area contributed by atoms with Gasteiger partial charge in [0.2, 0.25) is 5.95 Å². The van der Waals surface area contributed by atoms with Gasteiger partial charge in [0.15, 0.2) is 5.16 Å². The van der Waals surface area contributed by atoms with Gasteiger partial charge in [0.1, 0.15) is 11.6 Å². The Morgan fingerprint density at radius 2 is 1.70 bits per heavy atom. The first kappa shape index (κ1) is 17.9. The predicted octanol–water partition coefficient (Wildman–Crippen LogP) is 3.67. The van der Waals surface area contributed by atoms with Crippen LogP contribution in [0.25, 0.3) is 5.69 Å². The van der Waals surface area contributed by atoms with Crippen LogP contribution in [0.1, 0.15) is 5.56 Å². The Morgan fingerprint density at radius 3 is 2.44 bits per heavy atom. The normalized spacial score (nSPS) is 14.5. The number of anilines is 1. The molecule has 0 unspecified atom stereocenters. The summed E-state index contributed by atoms with van der Waals surface area (Å²) in [5, 5.41) is 9.28. The van der Waals surface area contributed by atoms with Crippen molar-refractivity contribution in [3.05, 3.63) is 65.7 Å². The van der Waals surface area contributed by atoms with Gasteiger partial charge in [0.05, 0.1) is 18.9 Å². The Hall–Kier alpha value is -2.45. The summed E-state index contributed by atoms with van der Waals surface area (Å²) in [6.45, 7) is 2.62. The molecule has 1 aliphatic rings. The summed E-state index contributed by atoms with van der Waals surface area (Å²) in [5.41, 5.74) is 1.50. The quantitative estimate of drug-likeness (QED) is 0.624. The maximum Gasteiger partial charge on any atom is 0.232 e. The van der Waals surface area contributed by atoms with E-state index in [-0.39, 0.29) is 11.6 Å². The molecule has 0 aliphatic carbocycles. The van der Waals surface area contributed by atoms with Crippen LogP contribution in [0.2, 0.25) is 0 Å². The van der Waals surface area contributed by atoms with E-state index in [4.69, 9.17) is 4.74 Å². The molecule has 0 atom stereocenters. The topological polar surface area (TPSA) is 43.2 Å². The molecule has 0 bridgehead atoms. The lowest BCUT2D eigenvalue weighted by Gasteiger charge is -2.27. The summed E-state index contributed by atoms with van der Waals surface area (Å²) < 4.78 is 34.5. The minimum absolute atomic E-state index is 0.270. The van der Waals surface area contributed by atoms with Crippen molar-refractivity contribution in [1.82, 2.24) is 14.8 Å². The molecule has 1 saturated heterocycles. The fourth-order valence-electron chi connectivity index (χ4n) is 2.94. The SMILES string of the molecule is Fc1cccc(CSc2nnc(N3CCOCC3)n2-c2cccc(F)c2)c1. The van der Waals surface area contributed by atoms with Crippen molar-refractivity contribution in [2.24, 2.45) is 0 Å². The maximum absolute atomic E-state index is 13.8. The number of aromatic nitrogens is 3. The van der Waals surface area contributed by atoms with Crippen LogP contribution in [-0.2, 0) is 10.5 Å². The highest BCUT2D eigenvalue weighted by molar-refractivity contribution is 7.98. The van der Waals surface area contributed by atoms with Crippen molar-refractivity contribution in [1.29, 1.82) is 0 Å². The number of hydrogen-bond donors (Lipinski definition) is 0. The summed E-state index contributed by atoms with van der Waals surface area (Å²) in [6, 6.07) is 12.8. The van der Waals surface area contributed by atoms with E-state index in [2.05, 4.69) is 15.1 Å². The van der Waals surface area contributed by atoms with Gasteiger partial charge in [0.25, 0.3) is 0 Å². The standard InChI is InChI=1S/C19H18F2N4OS/c20-15-4-1-3-14(11-15)13-27-19-23-22-18(24-7-9-26-10-8-24)25(19)17-6-2-5-16(21)12-17/h1-6,11-12H,7-10,13H2. The van der Waals surface area contributed by atoms with Crippen molar-refractivity contribution in [3.63, 3.8) is 0 Å². The van der Waals surface area contributed by atoms with Crippen molar-refractivity contribution < 1.29 is 13.5 Å². The van der Waals surface area contributed by atoms with E-state index in [0.29, 0.717) is 48.8 Å². The molecule has 0 amide bonds. The molecule has 8 heteroatoms. The van der Waals surface area contributed by atoms with Gasteiger partial charge in [-0.3, -0.25) is 4.57 Å². The molecule has 0 radical (unpaired) electrons. The molecule has 0 spiro atoms. The molecule has 4 rings (SSSR count). The van der Waals surface area contributed by atoms with Crippen LogP contribution < -0.4 is 4.90 Å². The molecule has 140 valence electrons.